The van der Waals surface area contributed by atoms with E-state index in [0.29, 0.717) is 18.0 Å². The SMILES string of the molecule is Cc1ccc(S(=O)(=O)N2C[C@@H](N)[C@H](c3ccccc3)C2)cc1C. The number of nitrogens with two attached hydrogens (primary N) is 1. The van der Waals surface area contributed by atoms with Crippen LogP contribution in [0.3, 0.4) is 0 Å². The first-order valence-corrected chi connectivity index (χ1v) is 9.21. The third-order valence-electron chi connectivity index (χ3n) is 4.68. The lowest BCUT2D eigenvalue weighted by Crippen LogP contribution is -2.32. The van der Waals surface area contributed by atoms with E-state index in [2.05, 4.69) is 0 Å². The summed E-state index contributed by atoms with van der Waals surface area (Å²) in [4.78, 5) is 0.349. The molecule has 0 radical (unpaired) electrons. The number of hydrogen-bond donors (Lipinski definition) is 1. The molecule has 122 valence electrons. The van der Waals surface area contributed by atoms with Crippen LogP contribution in [0.4, 0.5) is 0 Å². The Morgan fingerprint density at radius 2 is 1.70 bits per heavy atom. The van der Waals surface area contributed by atoms with Gasteiger partial charge in [0.05, 0.1) is 4.90 Å². The van der Waals surface area contributed by atoms with Crippen LogP contribution in [0.5, 0.6) is 0 Å². The topological polar surface area (TPSA) is 63.4 Å². The molecule has 1 heterocycles. The van der Waals surface area contributed by atoms with Gasteiger partial charge >= 0.3 is 0 Å². The van der Waals surface area contributed by atoms with Crippen molar-refractivity contribution in [3.63, 3.8) is 0 Å². The number of aryl methyl sites for hydroxylation is 2. The molecule has 0 amide bonds. The van der Waals surface area contributed by atoms with Gasteiger partial charge in [-0.05, 0) is 42.7 Å². The molecule has 5 heteroatoms. The fourth-order valence-corrected chi connectivity index (χ4v) is 4.65. The molecule has 0 unspecified atom stereocenters. The van der Waals surface area contributed by atoms with Crippen molar-refractivity contribution in [2.45, 2.75) is 30.7 Å². The summed E-state index contributed by atoms with van der Waals surface area (Å²) in [6.45, 7) is 4.69. The fourth-order valence-electron chi connectivity index (χ4n) is 3.06. The fraction of sp³-hybridized carbons (Fsp3) is 0.333. The average molecular weight is 330 g/mol. The Morgan fingerprint density at radius 3 is 2.35 bits per heavy atom. The van der Waals surface area contributed by atoms with Gasteiger partial charge in [-0.15, -0.1) is 0 Å². The van der Waals surface area contributed by atoms with Crippen LogP contribution < -0.4 is 5.73 Å². The first kappa shape index (κ1) is 16.2. The number of rotatable bonds is 3. The van der Waals surface area contributed by atoms with E-state index < -0.39 is 10.0 Å². The number of benzene rings is 2. The molecule has 2 aromatic carbocycles. The van der Waals surface area contributed by atoms with Gasteiger partial charge in [-0.25, -0.2) is 8.42 Å². The van der Waals surface area contributed by atoms with Gasteiger partial charge in [0.2, 0.25) is 10.0 Å². The molecule has 1 fully saturated rings. The monoisotopic (exact) mass is 330 g/mol. The van der Waals surface area contributed by atoms with Crippen molar-refractivity contribution in [2.24, 2.45) is 5.73 Å². The van der Waals surface area contributed by atoms with E-state index in [1.807, 2.05) is 50.2 Å². The van der Waals surface area contributed by atoms with Crippen LogP contribution in [0, 0.1) is 13.8 Å². The van der Waals surface area contributed by atoms with Crippen LogP contribution in [0.15, 0.2) is 53.4 Å². The van der Waals surface area contributed by atoms with Gasteiger partial charge in [-0.3, -0.25) is 0 Å². The number of nitrogens with zero attached hydrogens (tertiary/aromatic N) is 1. The average Bonchev–Trinajstić information content (AvgIpc) is 2.93. The van der Waals surface area contributed by atoms with Gasteiger partial charge in [0.25, 0.3) is 0 Å². The summed E-state index contributed by atoms with van der Waals surface area (Å²) in [5.74, 6) is 0.0394. The van der Waals surface area contributed by atoms with Gasteiger partial charge in [0, 0.05) is 25.0 Å². The lowest BCUT2D eigenvalue weighted by atomic mass is 9.95. The Morgan fingerprint density at radius 1 is 1.00 bits per heavy atom. The standard InChI is InChI=1S/C18H22N2O2S/c1-13-8-9-16(10-14(13)2)23(21,22)20-11-17(18(19)12-20)15-6-4-3-5-7-15/h3-10,17-18H,11-12,19H2,1-2H3/t17-,18+/m0/s1. The van der Waals surface area contributed by atoms with E-state index in [9.17, 15) is 8.42 Å². The van der Waals surface area contributed by atoms with Gasteiger partial charge in [-0.2, -0.15) is 4.31 Å². The predicted octanol–water partition coefficient (Wildman–Crippen LogP) is 2.42. The van der Waals surface area contributed by atoms with Crippen molar-refractivity contribution in [1.29, 1.82) is 0 Å². The van der Waals surface area contributed by atoms with Crippen molar-refractivity contribution in [2.75, 3.05) is 13.1 Å². The highest BCUT2D eigenvalue weighted by Crippen LogP contribution is 2.30. The van der Waals surface area contributed by atoms with Crippen LogP contribution >= 0.6 is 0 Å². The van der Waals surface area contributed by atoms with Gasteiger partial charge < -0.3 is 5.73 Å². The van der Waals surface area contributed by atoms with Gasteiger partial charge in [0.15, 0.2) is 0 Å². The van der Waals surface area contributed by atoms with Gasteiger partial charge in [-0.1, -0.05) is 36.4 Å². The van der Waals surface area contributed by atoms with E-state index >= 15 is 0 Å². The second-order valence-corrected chi connectivity index (χ2v) is 8.19. The van der Waals surface area contributed by atoms with Gasteiger partial charge in [0.1, 0.15) is 0 Å². The Balaban J connectivity index is 1.88. The Kier molecular flexibility index (Phi) is 4.27. The van der Waals surface area contributed by atoms with E-state index in [4.69, 9.17) is 5.73 Å². The minimum absolute atomic E-state index is 0.0394. The zero-order valence-electron chi connectivity index (χ0n) is 13.4. The van der Waals surface area contributed by atoms with E-state index in [1.54, 1.807) is 12.1 Å². The lowest BCUT2D eigenvalue weighted by molar-refractivity contribution is 0.470. The Labute approximate surface area is 138 Å². The molecule has 2 N–H and O–H groups in total. The summed E-state index contributed by atoms with van der Waals surface area (Å²) in [5.41, 5.74) is 9.39. The maximum absolute atomic E-state index is 12.9. The minimum Gasteiger partial charge on any atom is -0.326 e. The smallest absolute Gasteiger partial charge is 0.243 e. The normalized spacial score (nSPS) is 22.4. The molecule has 2 aromatic rings. The first-order chi connectivity index (χ1) is 10.9. The second kappa shape index (κ2) is 6.07. The summed E-state index contributed by atoms with van der Waals surface area (Å²) in [6.07, 6.45) is 0. The van der Waals surface area contributed by atoms with Crippen molar-refractivity contribution < 1.29 is 8.42 Å². The van der Waals surface area contributed by atoms with Crippen molar-refractivity contribution in [3.05, 3.63) is 65.2 Å². The van der Waals surface area contributed by atoms with Crippen LogP contribution in [0.1, 0.15) is 22.6 Å². The molecule has 4 nitrogen and oxygen atoms in total. The second-order valence-electron chi connectivity index (χ2n) is 6.25. The van der Waals surface area contributed by atoms with Crippen molar-refractivity contribution >= 4 is 10.0 Å². The van der Waals surface area contributed by atoms with Crippen molar-refractivity contribution in [3.8, 4) is 0 Å². The predicted molar refractivity (Wildman–Crippen MR) is 91.8 cm³/mol. The molecular formula is C18H22N2O2S. The van der Waals surface area contributed by atoms with Crippen LogP contribution in [-0.4, -0.2) is 31.9 Å². The molecule has 1 aliphatic rings. The molecule has 23 heavy (non-hydrogen) atoms. The molecule has 0 aliphatic carbocycles. The number of hydrogen-bond acceptors (Lipinski definition) is 3. The molecule has 0 saturated carbocycles. The van der Waals surface area contributed by atoms with Crippen LogP contribution in [-0.2, 0) is 10.0 Å². The zero-order valence-corrected chi connectivity index (χ0v) is 14.3. The highest BCUT2D eigenvalue weighted by Gasteiger charge is 2.38. The summed E-state index contributed by atoms with van der Waals surface area (Å²) >= 11 is 0. The van der Waals surface area contributed by atoms with E-state index in [0.717, 1.165) is 16.7 Å². The zero-order chi connectivity index (χ0) is 16.6. The molecule has 0 aromatic heterocycles. The summed E-state index contributed by atoms with van der Waals surface area (Å²) in [6, 6.07) is 15.0. The Hall–Kier alpha value is -1.69. The van der Waals surface area contributed by atoms with Crippen LogP contribution in [0.2, 0.25) is 0 Å². The van der Waals surface area contributed by atoms with Crippen molar-refractivity contribution in [1.82, 2.24) is 4.31 Å². The molecular weight excluding hydrogens is 308 g/mol. The maximum Gasteiger partial charge on any atom is 0.243 e. The summed E-state index contributed by atoms with van der Waals surface area (Å²) in [5, 5.41) is 0. The quantitative estimate of drug-likeness (QED) is 0.940. The summed E-state index contributed by atoms with van der Waals surface area (Å²) in [7, 11) is -3.50. The van der Waals surface area contributed by atoms with E-state index in [-0.39, 0.29) is 12.0 Å². The first-order valence-electron chi connectivity index (χ1n) is 7.77. The number of sulfonamides is 1. The maximum atomic E-state index is 12.9. The molecule has 0 spiro atoms. The Bertz CT molecular complexity index is 803. The molecule has 1 saturated heterocycles. The lowest BCUT2D eigenvalue weighted by Gasteiger charge is -2.17. The van der Waals surface area contributed by atoms with E-state index in [1.165, 1.54) is 4.31 Å². The molecule has 0 bridgehead atoms. The third-order valence-corrected chi connectivity index (χ3v) is 6.50. The highest BCUT2D eigenvalue weighted by atomic mass is 32.2. The molecule has 2 atom stereocenters. The minimum atomic E-state index is -3.50. The third kappa shape index (κ3) is 3.04. The molecule has 1 aliphatic heterocycles. The molecule has 3 rings (SSSR count). The van der Waals surface area contributed by atoms with Crippen LogP contribution in [0.25, 0.3) is 0 Å². The largest absolute Gasteiger partial charge is 0.326 e. The summed E-state index contributed by atoms with van der Waals surface area (Å²) < 4.78 is 27.3. The highest BCUT2D eigenvalue weighted by molar-refractivity contribution is 7.89.